The topological polar surface area (TPSA) is 32.3 Å². The van der Waals surface area contributed by atoms with Crippen LogP contribution in [0.1, 0.15) is 71.6 Å². The zero-order valence-electron chi connectivity index (χ0n) is 13.2. The minimum Gasteiger partial charge on any atom is -0.328 e. The summed E-state index contributed by atoms with van der Waals surface area (Å²) < 4.78 is 0. The van der Waals surface area contributed by atoms with Crippen LogP contribution in [0.2, 0.25) is 0 Å². The molecule has 2 aliphatic carbocycles. The van der Waals surface area contributed by atoms with Crippen LogP contribution in [0.15, 0.2) is 0 Å². The molecule has 3 heteroatoms. The SMILES string of the molecule is CC(C)CC1(CN2CNC3(CCCC3)C2=O)CCCC1. The Morgan fingerprint density at radius 3 is 2.30 bits per heavy atom. The average Bonchev–Trinajstić information content (AvgIpc) is 3.09. The molecule has 3 fully saturated rings. The highest BCUT2D eigenvalue weighted by atomic mass is 16.2. The zero-order valence-corrected chi connectivity index (χ0v) is 13.2. The molecule has 0 radical (unpaired) electrons. The summed E-state index contributed by atoms with van der Waals surface area (Å²) in [4.78, 5) is 15.0. The van der Waals surface area contributed by atoms with E-state index in [9.17, 15) is 4.79 Å². The molecule has 3 aliphatic rings. The number of hydrogen-bond donors (Lipinski definition) is 1. The van der Waals surface area contributed by atoms with Gasteiger partial charge in [-0.3, -0.25) is 10.1 Å². The third-order valence-corrected chi connectivity index (χ3v) is 5.79. The first-order valence-electron chi connectivity index (χ1n) is 8.60. The van der Waals surface area contributed by atoms with Crippen LogP contribution in [0.3, 0.4) is 0 Å². The maximum absolute atomic E-state index is 12.8. The van der Waals surface area contributed by atoms with E-state index >= 15 is 0 Å². The van der Waals surface area contributed by atoms with Gasteiger partial charge in [0.05, 0.1) is 12.2 Å². The molecular weight excluding hydrogens is 248 g/mol. The van der Waals surface area contributed by atoms with Crippen LogP contribution in [0.25, 0.3) is 0 Å². The van der Waals surface area contributed by atoms with Crippen molar-refractivity contribution in [3.63, 3.8) is 0 Å². The average molecular weight is 278 g/mol. The molecular formula is C17H30N2O. The maximum Gasteiger partial charge on any atom is 0.243 e. The molecule has 3 rings (SSSR count). The number of carbonyl (C=O) groups is 1. The Morgan fingerprint density at radius 1 is 1.10 bits per heavy atom. The summed E-state index contributed by atoms with van der Waals surface area (Å²) in [6, 6.07) is 0. The predicted molar refractivity (Wildman–Crippen MR) is 81.3 cm³/mol. The van der Waals surface area contributed by atoms with Gasteiger partial charge in [0.1, 0.15) is 0 Å². The van der Waals surface area contributed by atoms with Gasteiger partial charge < -0.3 is 4.90 Å². The Morgan fingerprint density at radius 2 is 1.70 bits per heavy atom. The first-order valence-corrected chi connectivity index (χ1v) is 8.60. The van der Waals surface area contributed by atoms with Crippen LogP contribution in [0.5, 0.6) is 0 Å². The Bertz CT molecular complexity index is 365. The molecule has 114 valence electrons. The largest absolute Gasteiger partial charge is 0.328 e. The van der Waals surface area contributed by atoms with Gasteiger partial charge in [-0.1, -0.05) is 39.5 Å². The highest BCUT2D eigenvalue weighted by Crippen LogP contribution is 2.45. The van der Waals surface area contributed by atoms with Crippen molar-refractivity contribution < 1.29 is 4.79 Å². The third-order valence-electron chi connectivity index (χ3n) is 5.79. The second kappa shape index (κ2) is 5.32. The van der Waals surface area contributed by atoms with Gasteiger partial charge in [-0.05, 0) is 43.4 Å². The van der Waals surface area contributed by atoms with Gasteiger partial charge in [0, 0.05) is 6.54 Å². The fraction of sp³-hybridized carbons (Fsp3) is 0.941. The van der Waals surface area contributed by atoms with Gasteiger partial charge in [0.15, 0.2) is 0 Å². The van der Waals surface area contributed by atoms with Gasteiger partial charge in [-0.2, -0.15) is 0 Å². The molecule has 1 saturated heterocycles. The van der Waals surface area contributed by atoms with Crippen molar-refractivity contribution in [1.29, 1.82) is 0 Å². The Balaban J connectivity index is 1.69. The van der Waals surface area contributed by atoms with Crippen LogP contribution >= 0.6 is 0 Å². The van der Waals surface area contributed by atoms with E-state index in [-0.39, 0.29) is 5.54 Å². The summed E-state index contributed by atoms with van der Waals surface area (Å²) in [5, 5.41) is 3.55. The van der Waals surface area contributed by atoms with Crippen molar-refractivity contribution in [2.45, 2.75) is 77.2 Å². The minimum absolute atomic E-state index is 0.169. The summed E-state index contributed by atoms with van der Waals surface area (Å²) in [6.07, 6.45) is 11.2. The van der Waals surface area contributed by atoms with E-state index in [4.69, 9.17) is 0 Å². The first kappa shape index (κ1) is 14.4. The molecule has 0 atom stereocenters. The smallest absolute Gasteiger partial charge is 0.243 e. The summed E-state index contributed by atoms with van der Waals surface area (Å²) in [5.74, 6) is 1.14. The zero-order chi connectivity index (χ0) is 14.2. The quantitative estimate of drug-likeness (QED) is 0.856. The van der Waals surface area contributed by atoms with E-state index in [1.807, 2.05) is 0 Å². The molecule has 1 N–H and O–H groups in total. The number of rotatable bonds is 4. The van der Waals surface area contributed by atoms with Crippen LogP contribution < -0.4 is 5.32 Å². The molecule has 1 heterocycles. The number of nitrogens with one attached hydrogen (secondary N) is 1. The van der Waals surface area contributed by atoms with E-state index < -0.39 is 0 Å². The fourth-order valence-electron chi connectivity index (χ4n) is 5.02. The van der Waals surface area contributed by atoms with Gasteiger partial charge in [0.2, 0.25) is 5.91 Å². The van der Waals surface area contributed by atoms with Crippen LogP contribution in [-0.4, -0.2) is 29.6 Å². The Kier molecular flexibility index (Phi) is 3.83. The van der Waals surface area contributed by atoms with Gasteiger partial charge in [0.25, 0.3) is 0 Å². The second-order valence-electron chi connectivity index (χ2n) is 7.93. The molecule has 0 aromatic heterocycles. The number of carbonyl (C=O) groups excluding carboxylic acids is 1. The lowest BCUT2D eigenvalue weighted by molar-refractivity contribution is -0.133. The lowest BCUT2D eigenvalue weighted by atomic mass is 9.78. The lowest BCUT2D eigenvalue weighted by Gasteiger charge is -2.35. The molecule has 3 nitrogen and oxygen atoms in total. The minimum atomic E-state index is -0.169. The van der Waals surface area contributed by atoms with E-state index in [1.165, 1.54) is 44.9 Å². The normalized spacial score (nSPS) is 28.1. The monoisotopic (exact) mass is 278 g/mol. The summed E-state index contributed by atoms with van der Waals surface area (Å²) in [7, 11) is 0. The first-order chi connectivity index (χ1) is 9.55. The summed E-state index contributed by atoms with van der Waals surface area (Å²) >= 11 is 0. The van der Waals surface area contributed by atoms with E-state index in [0.717, 1.165) is 32.0 Å². The molecule has 0 aromatic rings. The van der Waals surface area contributed by atoms with E-state index in [1.54, 1.807) is 0 Å². The van der Waals surface area contributed by atoms with Crippen LogP contribution in [0.4, 0.5) is 0 Å². The highest BCUT2D eigenvalue weighted by molar-refractivity contribution is 5.88. The molecule has 1 aliphatic heterocycles. The molecule has 1 amide bonds. The molecule has 1 spiro atoms. The van der Waals surface area contributed by atoms with E-state index in [0.29, 0.717) is 11.3 Å². The fourth-order valence-corrected chi connectivity index (χ4v) is 5.02. The number of hydrogen-bond acceptors (Lipinski definition) is 2. The van der Waals surface area contributed by atoms with Crippen molar-refractivity contribution in [1.82, 2.24) is 10.2 Å². The second-order valence-corrected chi connectivity index (χ2v) is 7.93. The van der Waals surface area contributed by atoms with Crippen molar-refractivity contribution in [2.24, 2.45) is 11.3 Å². The Hall–Kier alpha value is -0.570. The summed E-state index contributed by atoms with van der Waals surface area (Å²) in [5.41, 5.74) is 0.243. The summed E-state index contributed by atoms with van der Waals surface area (Å²) in [6.45, 7) is 6.43. The number of amides is 1. The molecule has 0 aromatic carbocycles. The lowest BCUT2D eigenvalue weighted by Crippen LogP contribution is -2.45. The van der Waals surface area contributed by atoms with Crippen LogP contribution in [0, 0.1) is 11.3 Å². The van der Waals surface area contributed by atoms with Crippen LogP contribution in [-0.2, 0) is 4.79 Å². The molecule has 0 bridgehead atoms. The third kappa shape index (κ3) is 2.49. The maximum atomic E-state index is 12.8. The number of nitrogens with zero attached hydrogens (tertiary/aromatic N) is 1. The van der Waals surface area contributed by atoms with Crippen molar-refractivity contribution in [3.8, 4) is 0 Å². The molecule has 0 unspecified atom stereocenters. The van der Waals surface area contributed by atoms with Crippen molar-refractivity contribution >= 4 is 5.91 Å². The predicted octanol–water partition coefficient (Wildman–Crippen LogP) is 3.30. The molecule has 2 saturated carbocycles. The van der Waals surface area contributed by atoms with Gasteiger partial charge in [-0.15, -0.1) is 0 Å². The highest BCUT2D eigenvalue weighted by Gasteiger charge is 2.49. The standard InChI is InChI=1S/C17H30N2O/c1-14(2)11-16(7-3-4-8-16)12-19-13-18-17(15(19)20)9-5-6-10-17/h14,18H,3-13H2,1-2H3. The van der Waals surface area contributed by atoms with E-state index in [2.05, 4.69) is 24.1 Å². The van der Waals surface area contributed by atoms with Crippen molar-refractivity contribution in [2.75, 3.05) is 13.2 Å². The van der Waals surface area contributed by atoms with Crippen molar-refractivity contribution in [3.05, 3.63) is 0 Å². The van der Waals surface area contributed by atoms with Gasteiger partial charge >= 0.3 is 0 Å². The van der Waals surface area contributed by atoms with Gasteiger partial charge in [-0.25, -0.2) is 0 Å². The molecule has 20 heavy (non-hydrogen) atoms. The Labute approximate surface area is 123 Å².